The van der Waals surface area contributed by atoms with E-state index < -0.39 is 5.60 Å². The quantitative estimate of drug-likeness (QED) is 0.674. The first-order valence-electron chi connectivity index (χ1n) is 10.2. The fourth-order valence-corrected chi connectivity index (χ4v) is 4.16. The number of hydrogen-bond acceptors (Lipinski definition) is 5. The van der Waals surface area contributed by atoms with Gasteiger partial charge in [0.1, 0.15) is 16.9 Å². The largest absolute Gasteiger partial charge is 0.388 e. The number of aromatic amines is 1. The minimum Gasteiger partial charge on any atom is -0.388 e. The van der Waals surface area contributed by atoms with Gasteiger partial charge in [0.2, 0.25) is 0 Å². The van der Waals surface area contributed by atoms with E-state index in [1.165, 1.54) is 12.1 Å². The molecule has 7 nitrogen and oxygen atoms in total. The number of hydrogen-bond donors (Lipinski definition) is 2. The van der Waals surface area contributed by atoms with Crippen molar-refractivity contribution in [2.45, 2.75) is 31.4 Å². The maximum atomic E-state index is 13.1. The lowest BCUT2D eigenvalue weighted by atomic mass is 9.94. The fourth-order valence-electron chi connectivity index (χ4n) is 4.16. The Balaban J connectivity index is 1.37. The number of aliphatic hydroxyl groups is 1. The Kier molecular flexibility index (Phi) is 5.78. The molecule has 1 atom stereocenters. The zero-order valence-corrected chi connectivity index (χ0v) is 17.0. The summed E-state index contributed by atoms with van der Waals surface area (Å²) in [6.45, 7) is 2.23. The van der Waals surface area contributed by atoms with Gasteiger partial charge in [-0.3, -0.25) is 9.69 Å². The highest BCUT2D eigenvalue weighted by Gasteiger charge is 2.33. The van der Waals surface area contributed by atoms with Crippen LogP contribution >= 0.6 is 0 Å². The lowest BCUT2D eigenvalue weighted by Crippen LogP contribution is -2.42. The smallest absolute Gasteiger partial charge is 0.253 e. The molecule has 1 amide bonds. The molecule has 0 spiro atoms. The summed E-state index contributed by atoms with van der Waals surface area (Å²) in [5, 5.41) is 21.8. The molecule has 8 heteroatoms. The number of benzene rings is 2. The van der Waals surface area contributed by atoms with Crippen molar-refractivity contribution >= 4 is 16.9 Å². The van der Waals surface area contributed by atoms with Crippen molar-refractivity contribution in [3.05, 3.63) is 59.4 Å². The predicted octanol–water partition coefficient (Wildman–Crippen LogP) is 2.59. The van der Waals surface area contributed by atoms with Gasteiger partial charge in [-0.25, -0.2) is 4.39 Å². The minimum absolute atomic E-state index is 0.0520. The first-order chi connectivity index (χ1) is 14.4. The van der Waals surface area contributed by atoms with Gasteiger partial charge in [0.15, 0.2) is 0 Å². The monoisotopic (exact) mass is 411 g/mol. The minimum atomic E-state index is -0.861. The summed E-state index contributed by atoms with van der Waals surface area (Å²) in [5.41, 5.74) is 2.10. The number of nitrogens with zero attached hydrogens (tertiary/aromatic N) is 4. The number of fused-ring (bicyclic) bond motifs is 1. The van der Waals surface area contributed by atoms with Gasteiger partial charge < -0.3 is 10.0 Å². The second-order valence-corrected chi connectivity index (χ2v) is 8.20. The summed E-state index contributed by atoms with van der Waals surface area (Å²) in [4.78, 5) is 16.8. The zero-order valence-electron chi connectivity index (χ0n) is 17.0. The predicted molar refractivity (Wildman–Crippen MR) is 111 cm³/mol. The number of likely N-dealkylation sites (N-methyl/N-ethyl adjacent to an activating group) is 1. The summed E-state index contributed by atoms with van der Waals surface area (Å²) in [5.74, 6) is -0.305. The lowest BCUT2D eigenvalue weighted by molar-refractivity contribution is -0.00401. The highest BCUT2D eigenvalue weighted by Crippen LogP contribution is 2.25. The molecular formula is C22H26FN5O2. The second-order valence-electron chi connectivity index (χ2n) is 8.20. The molecule has 0 saturated carbocycles. The first kappa shape index (κ1) is 20.4. The maximum Gasteiger partial charge on any atom is 0.253 e. The van der Waals surface area contributed by atoms with Gasteiger partial charge in [0.25, 0.3) is 5.91 Å². The van der Waals surface area contributed by atoms with Crippen molar-refractivity contribution in [3.8, 4) is 0 Å². The van der Waals surface area contributed by atoms with Crippen LogP contribution < -0.4 is 0 Å². The fraction of sp³-hybridized carbons (Fsp3) is 0.409. The van der Waals surface area contributed by atoms with Crippen molar-refractivity contribution < 1.29 is 14.3 Å². The van der Waals surface area contributed by atoms with Crippen LogP contribution in [-0.4, -0.2) is 68.5 Å². The Hall–Kier alpha value is -2.84. The van der Waals surface area contributed by atoms with Crippen molar-refractivity contribution in [2.75, 3.05) is 26.7 Å². The Labute approximate surface area is 174 Å². The van der Waals surface area contributed by atoms with Gasteiger partial charge in [-0.15, -0.1) is 0 Å². The molecule has 2 aromatic carbocycles. The lowest BCUT2D eigenvalue weighted by Gasteiger charge is -2.31. The highest BCUT2D eigenvalue weighted by atomic mass is 19.1. The molecule has 3 aromatic rings. The van der Waals surface area contributed by atoms with Gasteiger partial charge in [-0.1, -0.05) is 12.1 Å². The van der Waals surface area contributed by atoms with Crippen LogP contribution in [0.3, 0.4) is 0 Å². The van der Waals surface area contributed by atoms with Crippen LogP contribution in [0.1, 0.15) is 35.2 Å². The van der Waals surface area contributed by atoms with Gasteiger partial charge in [0.05, 0.1) is 5.60 Å². The van der Waals surface area contributed by atoms with Gasteiger partial charge >= 0.3 is 0 Å². The molecule has 4 rings (SSSR count). The third kappa shape index (κ3) is 4.66. The van der Waals surface area contributed by atoms with E-state index in [-0.39, 0.29) is 11.7 Å². The molecule has 1 fully saturated rings. The summed E-state index contributed by atoms with van der Waals surface area (Å²) >= 11 is 0. The molecule has 0 radical (unpaired) electrons. The molecule has 1 aliphatic heterocycles. The summed E-state index contributed by atoms with van der Waals surface area (Å²) in [6.07, 6.45) is 1.88. The second kappa shape index (κ2) is 8.49. The number of carbonyl (C=O) groups is 1. The number of rotatable bonds is 5. The van der Waals surface area contributed by atoms with Crippen LogP contribution in [0.25, 0.3) is 11.0 Å². The Morgan fingerprint density at radius 3 is 2.73 bits per heavy atom. The van der Waals surface area contributed by atoms with Crippen LogP contribution in [0.5, 0.6) is 0 Å². The number of carbonyl (C=O) groups excluding carboxylic acids is 1. The van der Waals surface area contributed by atoms with Gasteiger partial charge in [-0.05, 0) is 62.2 Å². The third-order valence-corrected chi connectivity index (χ3v) is 5.70. The molecule has 0 aliphatic carbocycles. The van der Waals surface area contributed by atoms with Crippen LogP contribution in [0.15, 0.2) is 42.5 Å². The average molecular weight is 411 g/mol. The number of nitrogens with one attached hydrogen (secondary N) is 1. The Morgan fingerprint density at radius 2 is 1.93 bits per heavy atom. The van der Waals surface area contributed by atoms with E-state index in [0.29, 0.717) is 50.1 Å². The molecule has 2 heterocycles. The zero-order chi connectivity index (χ0) is 21.1. The molecule has 30 heavy (non-hydrogen) atoms. The number of halogens is 1. The molecule has 0 bridgehead atoms. The van der Waals surface area contributed by atoms with E-state index in [1.54, 1.807) is 35.2 Å². The standard InChI is InChI=1S/C22H26FN5O2/c1-27(14-16-3-6-18(23)7-4-16)15-22(30)9-2-11-28(12-10-22)21(29)17-5-8-19-20(13-17)25-26-24-19/h3-8,13,30H,2,9-12,14-15H2,1H3,(H,24,25,26)/t22-/m1/s1. The van der Waals surface area contributed by atoms with E-state index in [2.05, 4.69) is 15.4 Å². The maximum absolute atomic E-state index is 13.1. The van der Waals surface area contributed by atoms with E-state index in [4.69, 9.17) is 0 Å². The first-order valence-corrected chi connectivity index (χ1v) is 10.2. The number of H-pyrrole nitrogens is 1. The van der Waals surface area contributed by atoms with Crippen molar-refractivity contribution in [3.63, 3.8) is 0 Å². The third-order valence-electron chi connectivity index (χ3n) is 5.70. The normalized spacial score (nSPS) is 19.9. The van der Waals surface area contributed by atoms with E-state index in [1.807, 2.05) is 11.9 Å². The topological polar surface area (TPSA) is 85.4 Å². The van der Waals surface area contributed by atoms with Crippen LogP contribution in [0.4, 0.5) is 4.39 Å². The van der Waals surface area contributed by atoms with Crippen LogP contribution in [-0.2, 0) is 6.54 Å². The average Bonchev–Trinajstić information content (AvgIpc) is 3.11. The number of aromatic nitrogens is 3. The van der Waals surface area contributed by atoms with Crippen molar-refractivity contribution in [1.82, 2.24) is 25.2 Å². The van der Waals surface area contributed by atoms with Crippen LogP contribution in [0, 0.1) is 5.82 Å². The Bertz CT molecular complexity index is 1020. The van der Waals surface area contributed by atoms with Gasteiger partial charge in [-0.2, -0.15) is 15.4 Å². The molecule has 0 unspecified atom stereocenters. The SMILES string of the molecule is CN(Cc1ccc(F)cc1)C[C@@]1(O)CCCN(C(=O)c2ccc3n[nH]nc3c2)CC1. The number of likely N-dealkylation sites (tertiary alicyclic amines) is 1. The molecule has 2 N–H and O–H groups in total. The number of amides is 1. The van der Waals surface area contributed by atoms with Crippen molar-refractivity contribution in [2.24, 2.45) is 0 Å². The molecule has 1 aromatic heterocycles. The van der Waals surface area contributed by atoms with E-state index >= 15 is 0 Å². The summed E-state index contributed by atoms with van der Waals surface area (Å²) in [7, 11) is 1.95. The van der Waals surface area contributed by atoms with E-state index in [0.717, 1.165) is 17.5 Å². The molecular weight excluding hydrogens is 385 g/mol. The van der Waals surface area contributed by atoms with Crippen LogP contribution in [0.2, 0.25) is 0 Å². The summed E-state index contributed by atoms with van der Waals surface area (Å²) < 4.78 is 13.1. The van der Waals surface area contributed by atoms with E-state index in [9.17, 15) is 14.3 Å². The molecule has 1 aliphatic rings. The van der Waals surface area contributed by atoms with Gasteiger partial charge in [0, 0.05) is 31.7 Å². The highest BCUT2D eigenvalue weighted by molar-refractivity contribution is 5.97. The Morgan fingerprint density at radius 1 is 1.17 bits per heavy atom. The molecule has 158 valence electrons. The molecule has 1 saturated heterocycles. The summed E-state index contributed by atoms with van der Waals surface area (Å²) in [6, 6.07) is 11.7. The van der Waals surface area contributed by atoms with Crippen molar-refractivity contribution in [1.29, 1.82) is 0 Å².